The molecule has 0 unspecified atom stereocenters. The van der Waals surface area contributed by atoms with Gasteiger partial charge in [-0.2, -0.15) is 0 Å². The fourth-order valence-electron chi connectivity index (χ4n) is 2.76. The Morgan fingerprint density at radius 1 is 1.24 bits per heavy atom. The first-order valence-corrected chi connectivity index (χ1v) is 7.28. The van der Waals surface area contributed by atoms with E-state index in [0.717, 1.165) is 24.8 Å². The number of carboxylic acid groups (broad SMARTS) is 1. The average molecular weight is 293 g/mol. The maximum absolute atomic E-state index is 13.1. The maximum atomic E-state index is 13.1. The predicted octanol–water partition coefficient (Wildman–Crippen LogP) is 2.47. The molecular weight excluding hydrogens is 273 g/mol. The second-order valence-corrected chi connectivity index (χ2v) is 5.55. The van der Waals surface area contributed by atoms with Gasteiger partial charge in [-0.25, -0.2) is 4.39 Å². The van der Waals surface area contributed by atoms with Gasteiger partial charge in [0.25, 0.3) is 0 Å². The molecule has 4 nitrogen and oxygen atoms in total. The number of hydrogen-bond donors (Lipinski definition) is 1. The van der Waals surface area contributed by atoms with Crippen LogP contribution >= 0.6 is 0 Å². The highest BCUT2D eigenvalue weighted by molar-refractivity contribution is 5.80. The number of carbonyl (C=O) groups is 2. The Morgan fingerprint density at radius 3 is 2.57 bits per heavy atom. The van der Waals surface area contributed by atoms with Crippen molar-refractivity contribution in [2.75, 3.05) is 13.1 Å². The van der Waals surface area contributed by atoms with Crippen LogP contribution in [0.15, 0.2) is 24.3 Å². The number of amides is 1. The zero-order valence-corrected chi connectivity index (χ0v) is 11.9. The lowest BCUT2D eigenvalue weighted by molar-refractivity contribution is -0.141. The topological polar surface area (TPSA) is 57.6 Å². The number of aliphatic carboxylic acids is 1. The van der Waals surface area contributed by atoms with Gasteiger partial charge in [-0.3, -0.25) is 9.59 Å². The van der Waals surface area contributed by atoms with Crippen molar-refractivity contribution in [1.29, 1.82) is 0 Å². The fourth-order valence-corrected chi connectivity index (χ4v) is 2.76. The molecule has 0 aromatic heterocycles. The summed E-state index contributed by atoms with van der Waals surface area (Å²) in [6.07, 6.45) is 2.56. The summed E-state index contributed by atoms with van der Waals surface area (Å²) in [7, 11) is 0. The summed E-state index contributed by atoms with van der Waals surface area (Å²) >= 11 is 0. The summed E-state index contributed by atoms with van der Waals surface area (Å²) in [4.78, 5) is 24.0. The van der Waals surface area contributed by atoms with Gasteiger partial charge in [0.1, 0.15) is 5.82 Å². The van der Waals surface area contributed by atoms with Crippen LogP contribution in [0.4, 0.5) is 4.39 Å². The van der Waals surface area contributed by atoms with Crippen LogP contribution in [-0.4, -0.2) is 35.0 Å². The molecule has 1 fully saturated rings. The normalized spacial score (nSPS) is 16.0. The highest BCUT2D eigenvalue weighted by Gasteiger charge is 2.23. The first kappa shape index (κ1) is 15.5. The minimum absolute atomic E-state index is 0.0733. The fraction of sp³-hybridized carbons (Fsp3) is 0.500. The number of rotatable bonds is 5. The van der Waals surface area contributed by atoms with Crippen molar-refractivity contribution in [1.82, 2.24) is 4.90 Å². The van der Waals surface area contributed by atoms with E-state index in [1.54, 1.807) is 17.0 Å². The van der Waals surface area contributed by atoms with Gasteiger partial charge in [-0.1, -0.05) is 12.1 Å². The van der Waals surface area contributed by atoms with Gasteiger partial charge in [0.15, 0.2) is 0 Å². The predicted molar refractivity (Wildman–Crippen MR) is 76.3 cm³/mol. The van der Waals surface area contributed by atoms with E-state index in [1.165, 1.54) is 6.07 Å². The number of carbonyl (C=O) groups excluding carboxylic acids is 1. The van der Waals surface area contributed by atoms with E-state index in [-0.39, 0.29) is 24.6 Å². The molecule has 0 spiro atoms. The molecule has 0 atom stereocenters. The summed E-state index contributed by atoms with van der Waals surface area (Å²) in [6.45, 7) is 1.33. The second-order valence-electron chi connectivity index (χ2n) is 5.55. The lowest BCUT2D eigenvalue weighted by Gasteiger charge is -2.32. The van der Waals surface area contributed by atoms with Gasteiger partial charge in [-0.05, 0) is 42.9 Å². The molecule has 114 valence electrons. The molecule has 1 aromatic rings. The third-order valence-corrected chi connectivity index (χ3v) is 3.93. The summed E-state index contributed by atoms with van der Waals surface area (Å²) in [6, 6.07) is 6.64. The highest BCUT2D eigenvalue weighted by atomic mass is 19.1. The molecule has 0 aliphatic carbocycles. The number of carboxylic acids is 1. The van der Waals surface area contributed by atoms with Gasteiger partial charge < -0.3 is 10.0 Å². The van der Waals surface area contributed by atoms with E-state index in [1.807, 2.05) is 6.07 Å². The lowest BCUT2D eigenvalue weighted by atomic mass is 9.90. The van der Waals surface area contributed by atoms with Crippen LogP contribution in [-0.2, 0) is 16.0 Å². The van der Waals surface area contributed by atoms with E-state index < -0.39 is 5.97 Å². The Kier molecular flexibility index (Phi) is 5.31. The lowest BCUT2D eigenvalue weighted by Crippen LogP contribution is -2.39. The summed E-state index contributed by atoms with van der Waals surface area (Å²) in [5, 5.41) is 8.59. The molecule has 1 heterocycles. The molecule has 1 aliphatic rings. The van der Waals surface area contributed by atoms with Crippen LogP contribution in [0.3, 0.4) is 0 Å². The van der Waals surface area contributed by atoms with Gasteiger partial charge in [-0.15, -0.1) is 0 Å². The molecule has 1 aliphatic heterocycles. The Balaban J connectivity index is 1.78. The van der Waals surface area contributed by atoms with Gasteiger partial charge in [0, 0.05) is 19.5 Å². The molecule has 1 aromatic carbocycles. The van der Waals surface area contributed by atoms with Crippen molar-refractivity contribution in [2.45, 2.75) is 32.1 Å². The average Bonchev–Trinajstić information content (AvgIpc) is 2.45. The number of benzene rings is 1. The Morgan fingerprint density at radius 2 is 1.95 bits per heavy atom. The molecule has 0 saturated carbocycles. The minimum Gasteiger partial charge on any atom is -0.481 e. The molecule has 0 radical (unpaired) electrons. The van der Waals surface area contributed by atoms with E-state index in [0.29, 0.717) is 19.0 Å². The smallest absolute Gasteiger partial charge is 0.303 e. The number of nitrogens with zero attached hydrogens (tertiary/aromatic N) is 1. The third-order valence-electron chi connectivity index (χ3n) is 3.93. The van der Waals surface area contributed by atoms with Crippen molar-refractivity contribution in [2.24, 2.45) is 5.92 Å². The first-order valence-electron chi connectivity index (χ1n) is 7.28. The molecule has 1 amide bonds. The molecule has 0 bridgehead atoms. The van der Waals surface area contributed by atoms with Crippen LogP contribution < -0.4 is 0 Å². The number of likely N-dealkylation sites (tertiary alicyclic amines) is 1. The third kappa shape index (κ3) is 4.85. The summed E-state index contributed by atoms with van der Waals surface area (Å²) in [5.41, 5.74) is 0.991. The number of halogens is 1. The molecule has 2 rings (SSSR count). The summed E-state index contributed by atoms with van der Waals surface area (Å²) in [5.74, 6) is -0.782. The number of piperidine rings is 1. The van der Waals surface area contributed by atoms with Crippen LogP contribution in [0.2, 0.25) is 0 Å². The van der Waals surface area contributed by atoms with Gasteiger partial charge >= 0.3 is 5.97 Å². The van der Waals surface area contributed by atoms with Crippen molar-refractivity contribution in [3.63, 3.8) is 0 Å². The highest BCUT2D eigenvalue weighted by Crippen LogP contribution is 2.22. The molecular formula is C16H20FNO3. The molecule has 1 N–H and O–H groups in total. The van der Waals surface area contributed by atoms with Crippen molar-refractivity contribution < 1.29 is 19.1 Å². The van der Waals surface area contributed by atoms with Crippen LogP contribution in [0.25, 0.3) is 0 Å². The van der Waals surface area contributed by atoms with Gasteiger partial charge in [0.05, 0.1) is 6.42 Å². The van der Waals surface area contributed by atoms with Crippen molar-refractivity contribution in [3.05, 3.63) is 35.6 Å². The van der Waals surface area contributed by atoms with E-state index in [9.17, 15) is 14.0 Å². The Labute approximate surface area is 123 Å². The monoisotopic (exact) mass is 293 g/mol. The minimum atomic E-state index is -0.940. The van der Waals surface area contributed by atoms with Crippen LogP contribution in [0.5, 0.6) is 0 Å². The maximum Gasteiger partial charge on any atom is 0.303 e. The summed E-state index contributed by atoms with van der Waals surface area (Å²) < 4.78 is 13.1. The van der Waals surface area contributed by atoms with E-state index in [2.05, 4.69) is 0 Å². The molecule has 5 heteroatoms. The Hall–Kier alpha value is -1.91. The SMILES string of the molecule is O=C(O)CCC(=O)N1CCC(Cc2cccc(F)c2)CC1. The molecule has 21 heavy (non-hydrogen) atoms. The number of hydrogen-bond acceptors (Lipinski definition) is 2. The van der Waals surface area contributed by atoms with E-state index >= 15 is 0 Å². The largest absolute Gasteiger partial charge is 0.481 e. The van der Waals surface area contributed by atoms with Crippen LogP contribution in [0.1, 0.15) is 31.2 Å². The van der Waals surface area contributed by atoms with Crippen LogP contribution in [0, 0.1) is 11.7 Å². The van der Waals surface area contributed by atoms with Crippen molar-refractivity contribution >= 4 is 11.9 Å². The Bertz CT molecular complexity index is 510. The standard InChI is InChI=1S/C16H20FNO3/c17-14-3-1-2-13(11-14)10-12-6-8-18(9-7-12)15(19)4-5-16(20)21/h1-3,11-12H,4-10H2,(H,20,21). The zero-order valence-electron chi connectivity index (χ0n) is 11.9. The molecule has 1 saturated heterocycles. The first-order chi connectivity index (χ1) is 10.0. The van der Waals surface area contributed by atoms with E-state index in [4.69, 9.17) is 5.11 Å². The van der Waals surface area contributed by atoms with Gasteiger partial charge in [0.2, 0.25) is 5.91 Å². The zero-order chi connectivity index (χ0) is 15.2. The second kappa shape index (κ2) is 7.20. The van der Waals surface area contributed by atoms with Crippen molar-refractivity contribution in [3.8, 4) is 0 Å². The quantitative estimate of drug-likeness (QED) is 0.907.